The predicted molar refractivity (Wildman–Crippen MR) is 109 cm³/mol. The molecular weight excluding hydrogens is 378 g/mol. The lowest BCUT2D eigenvalue weighted by atomic mass is 10.3. The van der Waals surface area contributed by atoms with Gasteiger partial charge in [0.1, 0.15) is 6.54 Å². The Bertz CT molecular complexity index is 1280. The maximum absolute atomic E-state index is 12.5. The van der Waals surface area contributed by atoms with E-state index in [0.717, 1.165) is 10.2 Å². The van der Waals surface area contributed by atoms with Gasteiger partial charge in [-0.3, -0.25) is 19.0 Å². The summed E-state index contributed by atoms with van der Waals surface area (Å²) in [6.07, 6.45) is 1.21. The summed E-state index contributed by atoms with van der Waals surface area (Å²) in [5.41, 5.74) is 2.21. The molecule has 2 N–H and O–H groups in total. The molecule has 0 unspecified atom stereocenters. The fraction of sp³-hybridized carbons (Fsp3) is 0.105. The smallest absolute Gasteiger partial charge is 0.269 e. The summed E-state index contributed by atoms with van der Waals surface area (Å²) in [7, 11) is 0. The first-order valence-corrected chi connectivity index (χ1v) is 9.24. The Balaban J connectivity index is 1.56. The van der Waals surface area contributed by atoms with Crippen molar-refractivity contribution >= 4 is 55.2 Å². The molecule has 0 atom stereocenters. The standard InChI is InChI=1S/C19H15N5O3S/c1-11(25)21-19-23-14-7-6-12(8-16(14)28-19)22-17(26)10-24-15-5-3-2-4-13(15)20-9-18(24)27/h2-9H,10H2,1H3,(H,22,26)(H,21,23,25). The summed E-state index contributed by atoms with van der Waals surface area (Å²) in [5, 5.41) is 5.95. The summed E-state index contributed by atoms with van der Waals surface area (Å²) in [6.45, 7) is 1.29. The van der Waals surface area contributed by atoms with Gasteiger partial charge in [0.25, 0.3) is 5.56 Å². The number of hydrogen-bond donors (Lipinski definition) is 2. The minimum Gasteiger partial charge on any atom is -0.324 e. The Kier molecular flexibility index (Phi) is 4.58. The van der Waals surface area contributed by atoms with Crippen molar-refractivity contribution in [2.75, 3.05) is 10.6 Å². The number of thiazole rings is 1. The molecule has 2 aromatic carbocycles. The molecule has 0 aliphatic heterocycles. The van der Waals surface area contributed by atoms with Crippen molar-refractivity contribution in [3.05, 3.63) is 59.0 Å². The molecule has 0 saturated carbocycles. The van der Waals surface area contributed by atoms with E-state index < -0.39 is 0 Å². The van der Waals surface area contributed by atoms with E-state index in [9.17, 15) is 14.4 Å². The van der Waals surface area contributed by atoms with E-state index in [1.807, 2.05) is 6.07 Å². The Morgan fingerprint density at radius 2 is 1.93 bits per heavy atom. The Morgan fingerprint density at radius 3 is 2.75 bits per heavy atom. The van der Waals surface area contributed by atoms with E-state index in [1.165, 1.54) is 29.0 Å². The highest BCUT2D eigenvalue weighted by Crippen LogP contribution is 2.28. The van der Waals surface area contributed by atoms with Gasteiger partial charge in [-0.15, -0.1) is 0 Å². The highest BCUT2D eigenvalue weighted by atomic mass is 32.1. The van der Waals surface area contributed by atoms with Gasteiger partial charge in [-0.25, -0.2) is 9.97 Å². The number of nitrogens with one attached hydrogen (secondary N) is 2. The molecule has 0 radical (unpaired) electrons. The molecular formula is C19H15N5O3S. The lowest BCUT2D eigenvalue weighted by molar-refractivity contribution is -0.117. The van der Waals surface area contributed by atoms with Crippen molar-refractivity contribution in [2.45, 2.75) is 13.5 Å². The first-order chi connectivity index (χ1) is 13.5. The zero-order valence-corrected chi connectivity index (χ0v) is 15.6. The first-order valence-electron chi connectivity index (χ1n) is 8.42. The second kappa shape index (κ2) is 7.20. The van der Waals surface area contributed by atoms with Crippen LogP contribution in [-0.4, -0.2) is 26.3 Å². The summed E-state index contributed by atoms with van der Waals surface area (Å²) in [6, 6.07) is 12.4. The molecule has 2 aromatic heterocycles. The van der Waals surface area contributed by atoms with Crippen molar-refractivity contribution in [1.29, 1.82) is 0 Å². The fourth-order valence-corrected chi connectivity index (χ4v) is 3.78. The van der Waals surface area contributed by atoms with E-state index in [1.54, 1.807) is 36.4 Å². The molecule has 0 aliphatic rings. The number of amides is 2. The van der Waals surface area contributed by atoms with E-state index >= 15 is 0 Å². The molecule has 0 aliphatic carbocycles. The maximum atomic E-state index is 12.5. The Hall–Kier alpha value is -3.59. The van der Waals surface area contributed by atoms with Crippen molar-refractivity contribution in [3.8, 4) is 0 Å². The average Bonchev–Trinajstić information content (AvgIpc) is 3.04. The number of hydrogen-bond acceptors (Lipinski definition) is 6. The van der Waals surface area contributed by atoms with Gasteiger partial charge in [-0.2, -0.15) is 0 Å². The highest BCUT2D eigenvalue weighted by molar-refractivity contribution is 7.22. The molecule has 4 rings (SSSR count). The number of anilines is 2. The van der Waals surface area contributed by atoms with Crippen LogP contribution < -0.4 is 16.2 Å². The topological polar surface area (TPSA) is 106 Å². The molecule has 140 valence electrons. The van der Waals surface area contributed by atoms with Crippen molar-refractivity contribution < 1.29 is 9.59 Å². The predicted octanol–water partition coefficient (Wildman–Crippen LogP) is 2.60. The number of nitrogens with zero attached hydrogens (tertiary/aromatic N) is 3. The lowest BCUT2D eigenvalue weighted by Crippen LogP contribution is -2.27. The normalized spacial score (nSPS) is 10.9. The molecule has 4 aromatic rings. The third-order valence-corrected chi connectivity index (χ3v) is 4.94. The van der Waals surface area contributed by atoms with Crippen molar-refractivity contribution in [1.82, 2.24) is 14.5 Å². The summed E-state index contributed by atoms with van der Waals surface area (Å²) >= 11 is 1.32. The third-order valence-electron chi connectivity index (χ3n) is 4.01. The van der Waals surface area contributed by atoms with E-state index in [4.69, 9.17) is 0 Å². The van der Waals surface area contributed by atoms with Crippen molar-refractivity contribution in [2.24, 2.45) is 0 Å². The fourth-order valence-electron chi connectivity index (χ4n) is 2.83. The monoisotopic (exact) mass is 393 g/mol. The minimum absolute atomic E-state index is 0.125. The summed E-state index contributed by atoms with van der Waals surface area (Å²) in [5.74, 6) is -0.521. The van der Waals surface area contributed by atoms with Crippen LogP contribution in [0.1, 0.15) is 6.92 Å². The number of benzene rings is 2. The van der Waals surface area contributed by atoms with Gasteiger partial charge in [0.15, 0.2) is 5.13 Å². The average molecular weight is 393 g/mol. The highest BCUT2D eigenvalue weighted by Gasteiger charge is 2.11. The zero-order chi connectivity index (χ0) is 19.7. The van der Waals surface area contributed by atoms with Gasteiger partial charge in [0, 0.05) is 12.6 Å². The molecule has 9 heteroatoms. The molecule has 2 heterocycles. The quantitative estimate of drug-likeness (QED) is 0.554. The van der Waals surface area contributed by atoms with Crippen LogP contribution in [-0.2, 0) is 16.1 Å². The molecule has 0 fully saturated rings. The number of para-hydroxylation sites is 2. The van der Waals surface area contributed by atoms with Gasteiger partial charge in [-0.05, 0) is 30.3 Å². The number of carbonyl (C=O) groups is 2. The lowest BCUT2D eigenvalue weighted by Gasteiger charge is -2.10. The van der Waals surface area contributed by atoms with Gasteiger partial charge < -0.3 is 10.6 Å². The first kappa shape index (κ1) is 17.8. The molecule has 0 saturated heterocycles. The number of aromatic nitrogens is 3. The summed E-state index contributed by atoms with van der Waals surface area (Å²) in [4.78, 5) is 44.2. The number of rotatable bonds is 4. The van der Waals surface area contributed by atoms with Gasteiger partial charge in [0.05, 0.1) is 27.4 Å². The van der Waals surface area contributed by atoms with Crippen LogP contribution in [0.3, 0.4) is 0 Å². The number of fused-ring (bicyclic) bond motifs is 2. The Labute approximate surface area is 162 Å². The van der Waals surface area contributed by atoms with Gasteiger partial charge in [-0.1, -0.05) is 23.5 Å². The van der Waals surface area contributed by atoms with Crippen LogP contribution in [0.2, 0.25) is 0 Å². The summed E-state index contributed by atoms with van der Waals surface area (Å²) < 4.78 is 2.21. The van der Waals surface area contributed by atoms with Crippen LogP contribution >= 0.6 is 11.3 Å². The van der Waals surface area contributed by atoms with Crippen LogP contribution in [0.25, 0.3) is 21.3 Å². The van der Waals surface area contributed by atoms with Gasteiger partial charge >= 0.3 is 0 Å². The molecule has 8 nitrogen and oxygen atoms in total. The van der Waals surface area contributed by atoms with Gasteiger partial charge in [0.2, 0.25) is 11.8 Å². The molecule has 0 spiro atoms. The minimum atomic E-state index is -0.341. The molecule has 2 amide bonds. The molecule has 28 heavy (non-hydrogen) atoms. The van der Waals surface area contributed by atoms with E-state index in [2.05, 4.69) is 20.6 Å². The van der Waals surface area contributed by atoms with Crippen LogP contribution in [0.5, 0.6) is 0 Å². The number of carbonyl (C=O) groups excluding carboxylic acids is 2. The van der Waals surface area contributed by atoms with E-state index in [0.29, 0.717) is 21.9 Å². The maximum Gasteiger partial charge on any atom is 0.269 e. The Morgan fingerprint density at radius 1 is 1.11 bits per heavy atom. The molecule has 0 bridgehead atoms. The van der Waals surface area contributed by atoms with Crippen LogP contribution in [0.15, 0.2) is 53.5 Å². The second-order valence-corrected chi connectivity index (χ2v) is 7.13. The van der Waals surface area contributed by atoms with Crippen molar-refractivity contribution in [3.63, 3.8) is 0 Å². The SMILES string of the molecule is CC(=O)Nc1nc2ccc(NC(=O)Cn3c(=O)cnc4ccccc43)cc2s1. The largest absolute Gasteiger partial charge is 0.324 e. The van der Waals surface area contributed by atoms with E-state index in [-0.39, 0.29) is 23.9 Å². The zero-order valence-electron chi connectivity index (χ0n) is 14.8. The van der Waals surface area contributed by atoms with Crippen LogP contribution in [0, 0.1) is 0 Å². The third kappa shape index (κ3) is 3.60. The van der Waals surface area contributed by atoms with Crippen LogP contribution in [0.4, 0.5) is 10.8 Å². The second-order valence-electron chi connectivity index (χ2n) is 6.10.